The molecule has 2 aromatic carbocycles. The van der Waals surface area contributed by atoms with Gasteiger partial charge in [-0.15, -0.1) is 0 Å². The Labute approximate surface area is 183 Å². The van der Waals surface area contributed by atoms with Gasteiger partial charge in [-0.05, 0) is 43.9 Å². The quantitative estimate of drug-likeness (QED) is 0.752. The van der Waals surface area contributed by atoms with E-state index in [1.165, 1.54) is 11.1 Å². The molecule has 0 radical (unpaired) electrons. The number of nitrogens with zero attached hydrogens (tertiary/aromatic N) is 1. The predicted octanol–water partition coefficient (Wildman–Crippen LogP) is 2.10. The summed E-state index contributed by atoms with van der Waals surface area (Å²) < 4.78 is 0. The number of piperidine rings is 1. The van der Waals surface area contributed by atoms with E-state index in [-0.39, 0.29) is 35.0 Å². The molecule has 0 aliphatic carbocycles. The number of anilines is 1. The molecule has 27 heavy (non-hydrogen) atoms. The number of carbonyl (C=O) groups is 1. The van der Waals surface area contributed by atoms with E-state index in [2.05, 4.69) is 34.5 Å². The van der Waals surface area contributed by atoms with Gasteiger partial charge < -0.3 is 20.8 Å². The number of hydrogen-bond donors (Lipinski definition) is 2. The van der Waals surface area contributed by atoms with Crippen molar-refractivity contribution < 1.29 is 15.4 Å². The summed E-state index contributed by atoms with van der Waals surface area (Å²) in [6, 6.07) is 18.4. The molecule has 142 valence electrons. The van der Waals surface area contributed by atoms with Crippen LogP contribution >= 0.6 is 0 Å². The number of aliphatic carboxylic acids is 1. The van der Waals surface area contributed by atoms with Crippen LogP contribution in [0.15, 0.2) is 54.6 Å². The predicted molar refractivity (Wildman–Crippen MR) is 112 cm³/mol. The van der Waals surface area contributed by atoms with E-state index in [9.17, 15) is 9.90 Å². The zero-order valence-corrected chi connectivity index (χ0v) is 15.2. The average molecular weight is 380 g/mol. The van der Waals surface area contributed by atoms with Gasteiger partial charge in [0.1, 0.15) is 5.54 Å². The number of nitrogens with one attached hydrogen (secondary N) is 1. The molecule has 1 aliphatic rings. The minimum absolute atomic E-state index is 0. The third-order valence-corrected chi connectivity index (χ3v) is 5.11. The molecule has 0 amide bonds. The summed E-state index contributed by atoms with van der Waals surface area (Å²) in [5.74, 6) is -0.754. The van der Waals surface area contributed by atoms with E-state index in [0.29, 0.717) is 12.8 Å². The first-order valence-electron chi connectivity index (χ1n) is 8.92. The normalized spacial score (nSPS) is 15.9. The Hall–Kier alpha value is -1.37. The van der Waals surface area contributed by atoms with Crippen LogP contribution in [0.2, 0.25) is 0 Å². The summed E-state index contributed by atoms with van der Waals surface area (Å²) in [6.07, 6.45) is 2.24. The maximum atomic E-state index is 12.0. The van der Waals surface area contributed by atoms with Crippen molar-refractivity contribution in [2.75, 3.05) is 25.0 Å². The monoisotopic (exact) mass is 380 g/mol. The van der Waals surface area contributed by atoms with Gasteiger partial charge in [-0.1, -0.05) is 48.0 Å². The van der Waals surface area contributed by atoms with Crippen LogP contribution in [-0.4, -0.2) is 76.2 Å². The molecule has 5 nitrogen and oxygen atoms in total. The van der Waals surface area contributed by atoms with E-state index < -0.39 is 11.5 Å². The Bertz CT molecular complexity index is 699. The van der Waals surface area contributed by atoms with E-state index in [0.717, 1.165) is 31.7 Å². The van der Waals surface area contributed by atoms with Crippen molar-refractivity contribution in [3.8, 4) is 0 Å². The van der Waals surface area contributed by atoms with Crippen LogP contribution in [0.3, 0.4) is 0 Å². The van der Waals surface area contributed by atoms with E-state index in [4.69, 9.17) is 0 Å². The molecule has 1 aliphatic heterocycles. The second-order valence-corrected chi connectivity index (χ2v) is 6.96. The molecule has 0 saturated carbocycles. The number of carboxylic acid groups (broad SMARTS) is 1. The van der Waals surface area contributed by atoms with Gasteiger partial charge in [-0.3, -0.25) is 0 Å². The van der Waals surface area contributed by atoms with Crippen molar-refractivity contribution in [1.82, 2.24) is 4.90 Å². The Morgan fingerprint density at radius 3 is 2.22 bits per heavy atom. The number of likely N-dealkylation sites (tertiary alicyclic amines) is 1. The Balaban J connectivity index is 0.00000182. The SMILES string of the molecule is Cc1ccc(NC2(C(=O)O)CCN(CCc3ccccc3)CC2)cc1.O.[NaH]. The first kappa shape index (κ1) is 23.7. The summed E-state index contributed by atoms with van der Waals surface area (Å²) in [7, 11) is 0. The van der Waals surface area contributed by atoms with Crippen molar-refractivity contribution in [3.63, 3.8) is 0 Å². The van der Waals surface area contributed by atoms with Gasteiger partial charge in [0.05, 0.1) is 0 Å². The molecule has 6 heteroatoms. The number of carboxylic acids is 1. The maximum absolute atomic E-state index is 12.0. The summed E-state index contributed by atoms with van der Waals surface area (Å²) in [4.78, 5) is 14.3. The van der Waals surface area contributed by atoms with Crippen LogP contribution in [0.1, 0.15) is 24.0 Å². The second kappa shape index (κ2) is 10.8. The van der Waals surface area contributed by atoms with Crippen LogP contribution in [0.4, 0.5) is 5.69 Å². The summed E-state index contributed by atoms with van der Waals surface area (Å²) in [6.45, 7) is 4.61. The van der Waals surface area contributed by atoms with Crippen LogP contribution in [0, 0.1) is 6.92 Å². The van der Waals surface area contributed by atoms with Crippen LogP contribution in [-0.2, 0) is 11.2 Å². The molecule has 0 aromatic heterocycles. The van der Waals surface area contributed by atoms with E-state index in [1.54, 1.807) is 0 Å². The first-order chi connectivity index (χ1) is 12.1. The first-order valence-corrected chi connectivity index (χ1v) is 8.92. The van der Waals surface area contributed by atoms with E-state index >= 15 is 0 Å². The van der Waals surface area contributed by atoms with Gasteiger partial charge in [-0.25, -0.2) is 4.79 Å². The number of benzene rings is 2. The molecule has 2 aromatic rings. The molecule has 1 heterocycles. The molecule has 0 bridgehead atoms. The molecule has 0 atom stereocenters. The number of aryl methyl sites for hydroxylation is 1. The Kier molecular flexibility index (Phi) is 9.50. The molecule has 1 fully saturated rings. The Morgan fingerprint density at radius 2 is 1.67 bits per heavy atom. The van der Waals surface area contributed by atoms with E-state index in [1.807, 2.05) is 37.3 Å². The van der Waals surface area contributed by atoms with Gasteiger partial charge >= 0.3 is 35.5 Å². The molecule has 0 spiro atoms. The fourth-order valence-corrected chi connectivity index (χ4v) is 3.40. The third-order valence-electron chi connectivity index (χ3n) is 5.11. The number of hydrogen-bond acceptors (Lipinski definition) is 3. The molecule has 0 unspecified atom stereocenters. The zero-order valence-electron chi connectivity index (χ0n) is 15.2. The summed E-state index contributed by atoms with van der Waals surface area (Å²) >= 11 is 0. The summed E-state index contributed by atoms with van der Waals surface area (Å²) in [5, 5.41) is 13.1. The van der Waals surface area contributed by atoms with Crippen LogP contribution in [0.25, 0.3) is 0 Å². The van der Waals surface area contributed by atoms with Gasteiger partial charge in [0, 0.05) is 25.3 Å². The van der Waals surface area contributed by atoms with Crippen molar-refractivity contribution in [1.29, 1.82) is 0 Å². The van der Waals surface area contributed by atoms with Gasteiger partial charge in [-0.2, -0.15) is 0 Å². The second-order valence-electron chi connectivity index (χ2n) is 6.96. The summed E-state index contributed by atoms with van der Waals surface area (Å²) in [5.41, 5.74) is 2.52. The Morgan fingerprint density at radius 1 is 1.07 bits per heavy atom. The molecular formula is C21H29N2NaO3. The molecule has 4 N–H and O–H groups in total. The third kappa shape index (κ3) is 6.33. The minimum atomic E-state index is -0.863. The van der Waals surface area contributed by atoms with Gasteiger partial charge in [0.15, 0.2) is 0 Å². The van der Waals surface area contributed by atoms with Crippen molar-refractivity contribution in [3.05, 3.63) is 65.7 Å². The fraction of sp³-hybridized carbons (Fsp3) is 0.381. The zero-order chi connectivity index (χ0) is 17.7. The molecule has 3 rings (SSSR count). The standard InChI is InChI=1S/C21H26N2O2.Na.H2O.H/c1-17-7-9-19(10-8-17)22-21(20(24)25)12-15-23(16-13-21)14-11-18-5-3-2-4-6-18;;;/h2-10,22H,11-16H2,1H3,(H,24,25);;1H2;. The topological polar surface area (TPSA) is 84.1 Å². The van der Waals surface area contributed by atoms with Gasteiger partial charge in [0.2, 0.25) is 0 Å². The van der Waals surface area contributed by atoms with Crippen molar-refractivity contribution in [2.45, 2.75) is 31.7 Å². The number of rotatable bonds is 6. The van der Waals surface area contributed by atoms with Crippen LogP contribution < -0.4 is 5.32 Å². The molecular weight excluding hydrogens is 351 g/mol. The van der Waals surface area contributed by atoms with Crippen molar-refractivity contribution in [2.24, 2.45) is 0 Å². The fourth-order valence-electron chi connectivity index (χ4n) is 3.40. The average Bonchev–Trinajstić information content (AvgIpc) is 2.64. The molecule has 1 saturated heterocycles. The van der Waals surface area contributed by atoms with Crippen molar-refractivity contribution >= 4 is 41.2 Å². The van der Waals surface area contributed by atoms with Crippen LogP contribution in [0.5, 0.6) is 0 Å². The van der Waals surface area contributed by atoms with Gasteiger partial charge in [0.25, 0.3) is 0 Å².